The van der Waals surface area contributed by atoms with Gasteiger partial charge < -0.3 is 4.74 Å². The van der Waals surface area contributed by atoms with E-state index in [4.69, 9.17) is 33.8 Å². The maximum Gasteiger partial charge on any atom is 0.137 e. The Kier molecular flexibility index (Phi) is 4.61. The van der Waals surface area contributed by atoms with Gasteiger partial charge in [-0.25, -0.2) is 5.43 Å². The Bertz CT molecular complexity index is 578. The summed E-state index contributed by atoms with van der Waals surface area (Å²) < 4.78 is 5.15. The molecule has 6 heteroatoms. The van der Waals surface area contributed by atoms with E-state index in [-0.39, 0.29) is 6.04 Å². The molecule has 1 unspecified atom stereocenters. The Hall–Kier alpha value is -1.33. The van der Waals surface area contributed by atoms with E-state index in [1.54, 1.807) is 31.6 Å². The first-order valence-corrected chi connectivity index (χ1v) is 6.31. The standard InChI is InChI=1S/C13H13Cl2N3O/c1-19-10-4-9(6-17-7-10)13(18-16)8-2-3-11(14)12(15)5-8/h2-7,13,18H,16H2,1H3. The van der Waals surface area contributed by atoms with Gasteiger partial charge in [-0.1, -0.05) is 29.3 Å². The van der Waals surface area contributed by atoms with E-state index < -0.39 is 0 Å². The van der Waals surface area contributed by atoms with Crippen molar-refractivity contribution in [3.8, 4) is 5.75 Å². The number of benzene rings is 1. The number of nitrogens with two attached hydrogens (primary N) is 1. The first-order chi connectivity index (χ1) is 9.15. The van der Waals surface area contributed by atoms with Crippen LogP contribution in [0.2, 0.25) is 10.0 Å². The molecule has 0 spiro atoms. The van der Waals surface area contributed by atoms with Gasteiger partial charge in [-0.15, -0.1) is 0 Å². The number of nitrogens with zero attached hydrogens (tertiary/aromatic N) is 1. The highest BCUT2D eigenvalue weighted by molar-refractivity contribution is 6.42. The van der Waals surface area contributed by atoms with Crippen molar-refractivity contribution in [1.29, 1.82) is 0 Å². The van der Waals surface area contributed by atoms with Gasteiger partial charge in [0, 0.05) is 6.20 Å². The molecule has 2 aromatic rings. The number of aromatic nitrogens is 1. The quantitative estimate of drug-likeness (QED) is 0.673. The first-order valence-electron chi connectivity index (χ1n) is 5.55. The second kappa shape index (κ2) is 6.21. The molecule has 1 atom stereocenters. The third-order valence-electron chi connectivity index (χ3n) is 2.75. The fourth-order valence-corrected chi connectivity index (χ4v) is 2.09. The molecule has 1 aromatic heterocycles. The third kappa shape index (κ3) is 3.16. The number of hydrogen-bond donors (Lipinski definition) is 2. The van der Waals surface area contributed by atoms with Crippen molar-refractivity contribution in [2.45, 2.75) is 6.04 Å². The largest absolute Gasteiger partial charge is 0.495 e. The van der Waals surface area contributed by atoms with Crippen LogP contribution in [-0.2, 0) is 0 Å². The minimum Gasteiger partial charge on any atom is -0.495 e. The normalized spacial score (nSPS) is 12.2. The fraction of sp³-hybridized carbons (Fsp3) is 0.154. The lowest BCUT2D eigenvalue weighted by Gasteiger charge is -2.17. The van der Waals surface area contributed by atoms with Gasteiger partial charge in [-0.05, 0) is 29.3 Å². The molecular weight excluding hydrogens is 285 g/mol. The average Bonchev–Trinajstić information content (AvgIpc) is 2.44. The van der Waals surface area contributed by atoms with Crippen LogP contribution in [0.3, 0.4) is 0 Å². The molecule has 0 aliphatic rings. The number of hydrogen-bond acceptors (Lipinski definition) is 4. The summed E-state index contributed by atoms with van der Waals surface area (Å²) in [5.74, 6) is 6.29. The minimum absolute atomic E-state index is 0.239. The zero-order valence-corrected chi connectivity index (χ0v) is 11.7. The first kappa shape index (κ1) is 14.1. The lowest BCUT2D eigenvalue weighted by molar-refractivity contribution is 0.411. The molecule has 19 heavy (non-hydrogen) atoms. The van der Waals surface area contributed by atoms with E-state index in [9.17, 15) is 0 Å². The number of hydrazine groups is 1. The second-order valence-electron chi connectivity index (χ2n) is 3.93. The Morgan fingerprint density at radius 1 is 1.16 bits per heavy atom. The minimum atomic E-state index is -0.239. The molecular formula is C13H13Cl2N3O. The van der Waals surface area contributed by atoms with Crippen LogP contribution in [0.4, 0.5) is 0 Å². The van der Waals surface area contributed by atoms with Crippen LogP contribution in [0.15, 0.2) is 36.7 Å². The number of nitrogens with one attached hydrogen (secondary N) is 1. The summed E-state index contributed by atoms with van der Waals surface area (Å²) in [4.78, 5) is 4.11. The summed E-state index contributed by atoms with van der Waals surface area (Å²) >= 11 is 11.9. The van der Waals surface area contributed by atoms with E-state index in [1.165, 1.54) is 0 Å². The Balaban J connectivity index is 2.40. The highest BCUT2D eigenvalue weighted by Gasteiger charge is 2.14. The van der Waals surface area contributed by atoms with Gasteiger partial charge in [0.05, 0.1) is 29.4 Å². The molecule has 0 amide bonds. The van der Waals surface area contributed by atoms with Gasteiger partial charge in [0.15, 0.2) is 0 Å². The highest BCUT2D eigenvalue weighted by atomic mass is 35.5. The van der Waals surface area contributed by atoms with Gasteiger partial charge in [-0.3, -0.25) is 10.8 Å². The summed E-state index contributed by atoms with van der Waals surface area (Å²) in [5.41, 5.74) is 4.51. The zero-order chi connectivity index (χ0) is 13.8. The predicted octanol–water partition coefficient (Wildman–Crippen LogP) is 2.95. The monoisotopic (exact) mass is 297 g/mol. The van der Waals surface area contributed by atoms with Crippen LogP contribution in [0.25, 0.3) is 0 Å². The Morgan fingerprint density at radius 2 is 1.95 bits per heavy atom. The number of pyridine rings is 1. The number of methoxy groups -OCH3 is 1. The smallest absolute Gasteiger partial charge is 0.137 e. The third-order valence-corrected chi connectivity index (χ3v) is 3.49. The van der Waals surface area contributed by atoms with Crippen LogP contribution in [0.1, 0.15) is 17.2 Å². The molecule has 0 saturated carbocycles. The van der Waals surface area contributed by atoms with E-state index in [0.29, 0.717) is 15.8 Å². The van der Waals surface area contributed by atoms with Gasteiger partial charge in [-0.2, -0.15) is 0 Å². The second-order valence-corrected chi connectivity index (χ2v) is 4.75. The van der Waals surface area contributed by atoms with Gasteiger partial charge in [0.2, 0.25) is 0 Å². The lowest BCUT2D eigenvalue weighted by Crippen LogP contribution is -2.28. The molecule has 1 aromatic carbocycles. The fourth-order valence-electron chi connectivity index (χ4n) is 1.78. The van der Waals surface area contributed by atoms with E-state index >= 15 is 0 Å². The molecule has 100 valence electrons. The Labute approximate surface area is 121 Å². The van der Waals surface area contributed by atoms with E-state index in [0.717, 1.165) is 11.1 Å². The van der Waals surface area contributed by atoms with Crippen LogP contribution in [-0.4, -0.2) is 12.1 Å². The van der Waals surface area contributed by atoms with Crippen LogP contribution in [0, 0.1) is 0 Å². The van der Waals surface area contributed by atoms with Crippen molar-refractivity contribution >= 4 is 23.2 Å². The van der Waals surface area contributed by atoms with Crippen LogP contribution < -0.4 is 16.0 Å². The van der Waals surface area contributed by atoms with Crippen molar-refractivity contribution < 1.29 is 4.74 Å². The summed E-state index contributed by atoms with van der Waals surface area (Å²) in [6.45, 7) is 0. The molecule has 2 rings (SSSR count). The van der Waals surface area contributed by atoms with Crippen LogP contribution >= 0.6 is 23.2 Å². The Morgan fingerprint density at radius 3 is 2.58 bits per heavy atom. The van der Waals surface area contributed by atoms with Gasteiger partial charge >= 0.3 is 0 Å². The molecule has 4 nitrogen and oxygen atoms in total. The molecule has 3 N–H and O–H groups in total. The number of halogens is 2. The SMILES string of the molecule is COc1cncc(C(NN)c2ccc(Cl)c(Cl)c2)c1. The van der Waals surface area contributed by atoms with Crippen molar-refractivity contribution in [3.63, 3.8) is 0 Å². The van der Waals surface area contributed by atoms with Crippen molar-refractivity contribution in [3.05, 3.63) is 57.8 Å². The van der Waals surface area contributed by atoms with Gasteiger partial charge in [0.25, 0.3) is 0 Å². The van der Waals surface area contributed by atoms with Crippen molar-refractivity contribution in [2.24, 2.45) is 5.84 Å². The average molecular weight is 298 g/mol. The topological polar surface area (TPSA) is 60.2 Å². The molecule has 0 aliphatic carbocycles. The zero-order valence-electron chi connectivity index (χ0n) is 10.2. The number of rotatable bonds is 4. The predicted molar refractivity (Wildman–Crippen MR) is 76.4 cm³/mol. The van der Waals surface area contributed by atoms with Crippen LogP contribution in [0.5, 0.6) is 5.75 Å². The summed E-state index contributed by atoms with van der Waals surface area (Å²) in [7, 11) is 1.59. The maximum absolute atomic E-state index is 6.02. The molecule has 0 bridgehead atoms. The molecule has 0 radical (unpaired) electrons. The molecule has 0 aliphatic heterocycles. The summed E-state index contributed by atoms with van der Waals surface area (Å²) in [6, 6.07) is 6.99. The molecule has 0 saturated heterocycles. The molecule has 1 heterocycles. The summed E-state index contributed by atoms with van der Waals surface area (Å²) in [6.07, 6.45) is 3.35. The maximum atomic E-state index is 6.02. The summed E-state index contributed by atoms with van der Waals surface area (Å²) in [5, 5.41) is 0.986. The van der Waals surface area contributed by atoms with Gasteiger partial charge in [0.1, 0.15) is 5.75 Å². The lowest BCUT2D eigenvalue weighted by atomic mass is 10.0. The highest BCUT2D eigenvalue weighted by Crippen LogP contribution is 2.29. The number of ether oxygens (including phenoxy) is 1. The van der Waals surface area contributed by atoms with E-state index in [1.807, 2.05) is 12.1 Å². The van der Waals surface area contributed by atoms with E-state index in [2.05, 4.69) is 10.4 Å². The molecule has 0 fully saturated rings. The van der Waals surface area contributed by atoms with Crippen molar-refractivity contribution in [2.75, 3.05) is 7.11 Å². The van der Waals surface area contributed by atoms with Crippen molar-refractivity contribution in [1.82, 2.24) is 10.4 Å².